The SMILES string of the molecule is COc1ccc2c(=O)c3c4occc4c4cc(OC)ccc4c3oc2c1. The van der Waals surface area contributed by atoms with Gasteiger partial charge in [0.1, 0.15) is 33.6 Å². The highest BCUT2D eigenvalue weighted by Gasteiger charge is 2.18. The van der Waals surface area contributed by atoms with E-state index < -0.39 is 0 Å². The van der Waals surface area contributed by atoms with Gasteiger partial charge in [-0.25, -0.2) is 0 Å². The van der Waals surface area contributed by atoms with Crippen LogP contribution in [-0.4, -0.2) is 14.2 Å². The molecule has 5 heteroatoms. The summed E-state index contributed by atoms with van der Waals surface area (Å²) in [6.07, 6.45) is 1.58. The van der Waals surface area contributed by atoms with E-state index in [0.717, 1.165) is 21.9 Å². The van der Waals surface area contributed by atoms with Gasteiger partial charge in [0.05, 0.1) is 25.9 Å². The summed E-state index contributed by atoms with van der Waals surface area (Å²) in [6, 6.07) is 12.7. The lowest BCUT2D eigenvalue weighted by Gasteiger charge is -2.09. The van der Waals surface area contributed by atoms with Crippen molar-refractivity contribution in [1.82, 2.24) is 0 Å². The first-order chi connectivity index (χ1) is 12.7. The Hall–Kier alpha value is -3.47. The van der Waals surface area contributed by atoms with Gasteiger partial charge in [0, 0.05) is 22.2 Å². The summed E-state index contributed by atoms with van der Waals surface area (Å²) in [5, 5.41) is 3.53. The average Bonchev–Trinajstić information content (AvgIpc) is 3.17. The van der Waals surface area contributed by atoms with E-state index in [4.69, 9.17) is 18.3 Å². The number of methoxy groups -OCH3 is 2. The molecule has 0 radical (unpaired) electrons. The van der Waals surface area contributed by atoms with Crippen LogP contribution in [0.2, 0.25) is 0 Å². The third kappa shape index (κ3) is 1.88. The molecule has 0 fully saturated rings. The van der Waals surface area contributed by atoms with Crippen molar-refractivity contribution in [2.24, 2.45) is 0 Å². The fraction of sp³-hybridized carbons (Fsp3) is 0.0952. The largest absolute Gasteiger partial charge is 0.497 e. The third-order valence-electron chi connectivity index (χ3n) is 4.75. The molecule has 5 rings (SSSR count). The zero-order valence-corrected chi connectivity index (χ0v) is 14.2. The highest BCUT2D eigenvalue weighted by molar-refractivity contribution is 6.23. The predicted octanol–water partition coefficient (Wildman–Crippen LogP) is 4.86. The van der Waals surface area contributed by atoms with Crippen LogP contribution in [-0.2, 0) is 0 Å². The molecule has 2 aromatic heterocycles. The van der Waals surface area contributed by atoms with Crippen LogP contribution in [0.15, 0.2) is 62.4 Å². The Kier molecular flexibility index (Phi) is 3.00. The summed E-state index contributed by atoms with van der Waals surface area (Å²) in [5.74, 6) is 1.36. The molecule has 0 saturated carbocycles. The van der Waals surface area contributed by atoms with Crippen LogP contribution in [0.1, 0.15) is 0 Å². The summed E-state index contributed by atoms with van der Waals surface area (Å²) < 4.78 is 22.4. The van der Waals surface area contributed by atoms with E-state index in [9.17, 15) is 4.79 Å². The minimum Gasteiger partial charge on any atom is -0.497 e. The zero-order valence-electron chi connectivity index (χ0n) is 14.2. The minimum absolute atomic E-state index is 0.124. The Morgan fingerprint density at radius 3 is 2.23 bits per heavy atom. The number of furan rings is 1. The Morgan fingerprint density at radius 1 is 0.769 bits per heavy atom. The number of hydrogen-bond acceptors (Lipinski definition) is 5. The van der Waals surface area contributed by atoms with Gasteiger partial charge in [-0.1, -0.05) is 0 Å². The summed E-state index contributed by atoms with van der Waals surface area (Å²) in [4.78, 5) is 13.2. The number of hydrogen-bond donors (Lipinski definition) is 0. The van der Waals surface area contributed by atoms with E-state index in [1.54, 1.807) is 38.7 Å². The fourth-order valence-electron chi connectivity index (χ4n) is 3.48. The van der Waals surface area contributed by atoms with Crippen LogP contribution >= 0.6 is 0 Å². The fourth-order valence-corrected chi connectivity index (χ4v) is 3.48. The molecule has 0 amide bonds. The van der Waals surface area contributed by atoms with Gasteiger partial charge in [-0.3, -0.25) is 4.79 Å². The van der Waals surface area contributed by atoms with E-state index in [1.165, 1.54) is 0 Å². The molecule has 2 heterocycles. The molecule has 0 saturated heterocycles. The Balaban J connectivity index is 2.08. The maximum atomic E-state index is 13.2. The van der Waals surface area contributed by atoms with Crippen LogP contribution in [0, 0.1) is 0 Å². The van der Waals surface area contributed by atoms with Crippen LogP contribution in [0.25, 0.3) is 43.7 Å². The van der Waals surface area contributed by atoms with Gasteiger partial charge >= 0.3 is 0 Å². The summed E-state index contributed by atoms with van der Waals surface area (Å²) in [7, 11) is 3.20. The number of rotatable bonds is 2. The van der Waals surface area contributed by atoms with Gasteiger partial charge in [-0.05, 0) is 36.4 Å². The quantitative estimate of drug-likeness (QED) is 0.337. The van der Waals surface area contributed by atoms with Gasteiger partial charge in [0.2, 0.25) is 5.43 Å². The lowest BCUT2D eigenvalue weighted by atomic mass is 10.0. The number of fused-ring (bicyclic) bond motifs is 7. The first kappa shape index (κ1) is 14.8. The van der Waals surface area contributed by atoms with Crippen molar-refractivity contribution < 1.29 is 18.3 Å². The van der Waals surface area contributed by atoms with Gasteiger partial charge in [0.25, 0.3) is 0 Å². The van der Waals surface area contributed by atoms with Crippen molar-refractivity contribution in [3.8, 4) is 11.5 Å². The lowest BCUT2D eigenvalue weighted by Crippen LogP contribution is -2.03. The van der Waals surface area contributed by atoms with E-state index in [-0.39, 0.29) is 5.43 Å². The summed E-state index contributed by atoms with van der Waals surface area (Å²) in [5.41, 5.74) is 1.37. The third-order valence-corrected chi connectivity index (χ3v) is 4.75. The molecule has 0 N–H and O–H groups in total. The number of ether oxygens (including phenoxy) is 2. The second kappa shape index (κ2) is 5.26. The molecular weight excluding hydrogens is 332 g/mol. The summed E-state index contributed by atoms with van der Waals surface area (Å²) in [6.45, 7) is 0. The van der Waals surface area contributed by atoms with Crippen molar-refractivity contribution in [3.05, 3.63) is 59.0 Å². The van der Waals surface area contributed by atoms with Crippen molar-refractivity contribution in [2.75, 3.05) is 14.2 Å². The first-order valence-corrected chi connectivity index (χ1v) is 8.13. The van der Waals surface area contributed by atoms with Gasteiger partial charge in [-0.2, -0.15) is 0 Å². The zero-order chi connectivity index (χ0) is 17.8. The molecular formula is C21H14O5. The molecule has 3 aromatic carbocycles. The van der Waals surface area contributed by atoms with Gasteiger partial charge in [0.15, 0.2) is 0 Å². The van der Waals surface area contributed by atoms with Gasteiger partial charge < -0.3 is 18.3 Å². The molecule has 0 aliphatic heterocycles. The lowest BCUT2D eigenvalue weighted by molar-refractivity contribution is 0.414. The van der Waals surface area contributed by atoms with E-state index >= 15 is 0 Å². The van der Waals surface area contributed by atoms with Crippen molar-refractivity contribution in [2.45, 2.75) is 0 Å². The van der Waals surface area contributed by atoms with Crippen LogP contribution in [0.5, 0.6) is 11.5 Å². The molecule has 0 aliphatic rings. The standard InChI is InChI=1S/C21H14O5/c1-23-11-3-5-13-16(9-11)14-7-8-25-20(14)18-19(22)15-6-4-12(24-2)10-17(15)26-21(13)18/h3-10H,1-2H3. The van der Waals surface area contributed by atoms with Gasteiger partial charge in [-0.15, -0.1) is 0 Å². The Labute approximate surface area is 147 Å². The van der Waals surface area contributed by atoms with Crippen LogP contribution in [0.3, 0.4) is 0 Å². The number of benzene rings is 3. The molecule has 5 nitrogen and oxygen atoms in total. The molecule has 0 aliphatic carbocycles. The minimum atomic E-state index is -0.124. The topological polar surface area (TPSA) is 61.8 Å². The maximum absolute atomic E-state index is 13.2. The summed E-state index contributed by atoms with van der Waals surface area (Å²) >= 11 is 0. The second-order valence-corrected chi connectivity index (χ2v) is 6.07. The highest BCUT2D eigenvalue weighted by atomic mass is 16.5. The molecule has 5 aromatic rings. The van der Waals surface area contributed by atoms with Crippen molar-refractivity contribution >= 4 is 43.7 Å². The average molecular weight is 346 g/mol. The second-order valence-electron chi connectivity index (χ2n) is 6.07. The van der Waals surface area contributed by atoms with E-state index in [0.29, 0.717) is 33.3 Å². The van der Waals surface area contributed by atoms with Crippen molar-refractivity contribution in [3.63, 3.8) is 0 Å². The molecule has 0 unspecified atom stereocenters. The first-order valence-electron chi connectivity index (χ1n) is 8.13. The van der Waals surface area contributed by atoms with E-state index in [1.807, 2.05) is 24.3 Å². The van der Waals surface area contributed by atoms with Crippen molar-refractivity contribution in [1.29, 1.82) is 0 Å². The normalized spacial score (nSPS) is 11.6. The molecule has 26 heavy (non-hydrogen) atoms. The van der Waals surface area contributed by atoms with E-state index in [2.05, 4.69) is 0 Å². The highest BCUT2D eigenvalue weighted by Crippen LogP contribution is 2.37. The molecule has 0 bridgehead atoms. The molecule has 0 atom stereocenters. The molecule has 128 valence electrons. The predicted molar refractivity (Wildman–Crippen MR) is 100 cm³/mol. The maximum Gasteiger partial charge on any atom is 0.204 e. The van der Waals surface area contributed by atoms with Crippen LogP contribution in [0.4, 0.5) is 0 Å². The van der Waals surface area contributed by atoms with Crippen LogP contribution < -0.4 is 14.9 Å². The Morgan fingerprint density at radius 2 is 1.46 bits per heavy atom. The Bertz CT molecular complexity index is 1370. The smallest absolute Gasteiger partial charge is 0.204 e. The molecule has 0 spiro atoms. The monoisotopic (exact) mass is 346 g/mol.